The molecule has 116 valence electrons. The van der Waals surface area contributed by atoms with Crippen molar-refractivity contribution in [1.29, 1.82) is 0 Å². The monoisotopic (exact) mass is 309 g/mol. The molecule has 0 aromatic carbocycles. The molecule has 1 atom stereocenters. The van der Waals surface area contributed by atoms with Crippen molar-refractivity contribution in [1.82, 2.24) is 9.88 Å². The number of thiazole rings is 1. The number of likely N-dealkylation sites (tertiary alicyclic amines) is 1. The number of anilines is 1. The van der Waals surface area contributed by atoms with Crippen LogP contribution in [0.1, 0.15) is 42.3 Å². The van der Waals surface area contributed by atoms with Gasteiger partial charge >= 0.3 is 5.97 Å². The molecular weight excluding hydrogens is 286 g/mol. The second kappa shape index (κ2) is 6.32. The second-order valence-electron chi connectivity index (χ2n) is 6.27. The number of nitrogens with zero attached hydrogens (tertiary/aromatic N) is 3. The van der Waals surface area contributed by atoms with E-state index in [2.05, 4.69) is 21.7 Å². The third kappa shape index (κ3) is 3.37. The molecule has 2 fully saturated rings. The van der Waals surface area contributed by atoms with Gasteiger partial charge in [0, 0.05) is 25.7 Å². The van der Waals surface area contributed by atoms with Crippen LogP contribution in [0.3, 0.4) is 0 Å². The molecule has 3 rings (SSSR count). The molecule has 0 bridgehead atoms. The molecule has 0 amide bonds. The van der Waals surface area contributed by atoms with Gasteiger partial charge in [-0.2, -0.15) is 0 Å². The van der Waals surface area contributed by atoms with Gasteiger partial charge in [0.05, 0.1) is 6.20 Å². The number of aromatic nitrogens is 1. The van der Waals surface area contributed by atoms with E-state index in [-0.39, 0.29) is 0 Å². The van der Waals surface area contributed by atoms with Crippen LogP contribution in [-0.2, 0) is 0 Å². The fraction of sp³-hybridized carbons (Fsp3) is 0.733. The summed E-state index contributed by atoms with van der Waals surface area (Å²) >= 11 is 1.29. The minimum absolute atomic E-state index is 0.331. The van der Waals surface area contributed by atoms with Crippen molar-refractivity contribution < 1.29 is 9.90 Å². The lowest BCUT2D eigenvalue weighted by Crippen LogP contribution is -2.48. The van der Waals surface area contributed by atoms with Gasteiger partial charge in [-0.05, 0) is 38.1 Å². The molecular formula is C15H23N3O2S. The summed E-state index contributed by atoms with van der Waals surface area (Å²) in [5, 5.41) is 9.84. The molecule has 0 saturated carbocycles. The van der Waals surface area contributed by atoms with Crippen molar-refractivity contribution in [2.24, 2.45) is 5.92 Å². The maximum atomic E-state index is 10.9. The molecule has 2 aliphatic rings. The van der Waals surface area contributed by atoms with Crippen LogP contribution in [-0.4, -0.2) is 53.2 Å². The van der Waals surface area contributed by atoms with Crippen molar-refractivity contribution in [3.8, 4) is 0 Å². The zero-order valence-corrected chi connectivity index (χ0v) is 13.3. The Morgan fingerprint density at radius 3 is 2.71 bits per heavy atom. The number of aromatic carboxylic acids is 1. The summed E-state index contributed by atoms with van der Waals surface area (Å²) in [5.74, 6) is -0.0511. The van der Waals surface area contributed by atoms with Crippen molar-refractivity contribution in [2.45, 2.75) is 38.6 Å². The predicted octanol–water partition coefficient (Wildman–Crippen LogP) is 2.54. The van der Waals surface area contributed by atoms with Crippen LogP contribution >= 0.6 is 11.3 Å². The van der Waals surface area contributed by atoms with Crippen molar-refractivity contribution >= 4 is 22.4 Å². The first-order valence-electron chi connectivity index (χ1n) is 7.81. The van der Waals surface area contributed by atoms with E-state index in [9.17, 15) is 4.79 Å². The second-order valence-corrected chi connectivity index (χ2v) is 7.28. The number of carbonyl (C=O) groups is 1. The van der Waals surface area contributed by atoms with E-state index in [1.807, 2.05) is 0 Å². The average Bonchev–Trinajstić information content (AvgIpc) is 2.97. The summed E-state index contributed by atoms with van der Waals surface area (Å²) in [5.41, 5.74) is 0. The van der Waals surface area contributed by atoms with Crippen molar-refractivity contribution in [2.75, 3.05) is 31.1 Å². The van der Waals surface area contributed by atoms with Gasteiger partial charge in [-0.1, -0.05) is 18.3 Å². The summed E-state index contributed by atoms with van der Waals surface area (Å²) in [7, 11) is 0. The van der Waals surface area contributed by atoms with Crippen LogP contribution < -0.4 is 4.90 Å². The van der Waals surface area contributed by atoms with E-state index >= 15 is 0 Å². The molecule has 2 saturated heterocycles. The summed E-state index contributed by atoms with van der Waals surface area (Å²) in [6.45, 7) is 6.81. The third-order valence-electron chi connectivity index (χ3n) is 4.64. The maximum Gasteiger partial charge on any atom is 0.347 e. The van der Waals surface area contributed by atoms with Crippen LogP contribution in [0.4, 0.5) is 5.13 Å². The maximum absolute atomic E-state index is 10.9. The van der Waals surface area contributed by atoms with Gasteiger partial charge < -0.3 is 10.0 Å². The number of piperidine rings is 2. The van der Waals surface area contributed by atoms with E-state index in [4.69, 9.17) is 5.11 Å². The molecule has 3 heterocycles. The molecule has 1 unspecified atom stereocenters. The molecule has 1 N–H and O–H groups in total. The SMILES string of the molecule is CC1CCCN(C2CCN(c3ncc(C(=O)O)s3)CC2)C1. The summed E-state index contributed by atoms with van der Waals surface area (Å²) in [6, 6.07) is 0.697. The lowest BCUT2D eigenvalue weighted by molar-refractivity contribution is 0.0702. The fourth-order valence-electron chi connectivity index (χ4n) is 3.49. The Bertz CT molecular complexity index is 497. The topological polar surface area (TPSA) is 56.7 Å². The van der Waals surface area contributed by atoms with Gasteiger partial charge in [-0.3, -0.25) is 4.90 Å². The Morgan fingerprint density at radius 2 is 2.10 bits per heavy atom. The van der Waals surface area contributed by atoms with E-state index < -0.39 is 5.97 Å². The van der Waals surface area contributed by atoms with Crippen LogP contribution in [0.2, 0.25) is 0 Å². The Hall–Kier alpha value is -1.14. The molecule has 21 heavy (non-hydrogen) atoms. The Kier molecular flexibility index (Phi) is 4.45. The first-order chi connectivity index (χ1) is 10.1. The zero-order chi connectivity index (χ0) is 14.8. The third-order valence-corrected chi connectivity index (χ3v) is 5.69. The fourth-order valence-corrected chi connectivity index (χ4v) is 4.30. The highest BCUT2D eigenvalue weighted by molar-refractivity contribution is 7.17. The van der Waals surface area contributed by atoms with Crippen LogP contribution in [0, 0.1) is 5.92 Å². The highest BCUT2D eigenvalue weighted by atomic mass is 32.1. The number of hydrogen-bond donors (Lipinski definition) is 1. The highest BCUT2D eigenvalue weighted by Gasteiger charge is 2.28. The molecule has 5 nitrogen and oxygen atoms in total. The largest absolute Gasteiger partial charge is 0.477 e. The molecule has 0 radical (unpaired) electrons. The standard InChI is InChI=1S/C15H23N3O2S/c1-11-3-2-6-18(10-11)12-4-7-17(8-5-12)15-16-9-13(21-15)14(19)20/h9,11-12H,2-8,10H2,1H3,(H,19,20). The number of carboxylic acid groups (broad SMARTS) is 1. The summed E-state index contributed by atoms with van der Waals surface area (Å²) < 4.78 is 0. The van der Waals surface area contributed by atoms with Gasteiger partial charge in [0.1, 0.15) is 4.88 Å². The minimum Gasteiger partial charge on any atom is -0.477 e. The van der Waals surface area contributed by atoms with Gasteiger partial charge in [0.2, 0.25) is 0 Å². The Balaban J connectivity index is 1.55. The zero-order valence-electron chi connectivity index (χ0n) is 12.5. The highest BCUT2D eigenvalue weighted by Crippen LogP contribution is 2.28. The van der Waals surface area contributed by atoms with Gasteiger partial charge in [0.25, 0.3) is 0 Å². The Morgan fingerprint density at radius 1 is 1.33 bits per heavy atom. The number of rotatable bonds is 3. The molecule has 0 spiro atoms. The lowest BCUT2D eigenvalue weighted by atomic mass is 9.95. The molecule has 2 aliphatic heterocycles. The van der Waals surface area contributed by atoms with Crippen LogP contribution in [0.15, 0.2) is 6.20 Å². The molecule has 1 aromatic heterocycles. The molecule has 0 aliphatic carbocycles. The first kappa shape index (κ1) is 14.8. The Labute approximate surface area is 129 Å². The summed E-state index contributed by atoms with van der Waals surface area (Å²) in [6.07, 6.45) is 6.49. The van der Waals surface area contributed by atoms with Crippen molar-refractivity contribution in [3.05, 3.63) is 11.1 Å². The van der Waals surface area contributed by atoms with Gasteiger partial charge in [-0.15, -0.1) is 0 Å². The predicted molar refractivity (Wildman–Crippen MR) is 84.3 cm³/mol. The summed E-state index contributed by atoms with van der Waals surface area (Å²) in [4.78, 5) is 20.4. The van der Waals surface area contributed by atoms with Gasteiger partial charge in [0.15, 0.2) is 5.13 Å². The minimum atomic E-state index is -0.879. The van der Waals surface area contributed by atoms with Crippen molar-refractivity contribution in [3.63, 3.8) is 0 Å². The van der Waals surface area contributed by atoms with E-state index in [1.165, 1.54) is 43.5 Å². The van der Waals surface area contributed by atoms with E-state index in [0.717, 1.165) is 37.0 Å². The molecule has 6 heteroatoms. The molecule has 1 aromatic rings. The number of carboxylic acids is 1. The lowest BCUT2D eigenvalue weighted by Gasteiger charge is -2.41. The van der Waals surface area contributed by atoms with E-state index in [0.29, 0.717) is 10.9 Å². The quantitative estimate of drug-likeness (QED) is 0.930. The first-order valence-corrected chi connectivity index (χ1v) is 8.63. The van der Waals surface area contributed by atoms with E-state index in [1.54, 1.807) is 0 Å². The number of hydrogen-bond acceptors (Lipinski definition) is 5. The van der Waals surface area contributed by atoms with Crippen LogP contribution in [0.25, 0.3) is 0 Å². The average molecular weight is 309 g/mol. The van der Waals surface area contributed by atoms with Crippen LogP contribution in [0.5, 0.6) is 0 Å². The smallest absolute Gasteiger partial charge is 0.347 e. The normalized spacial score (nSPS) is 25.2. The van der Waals surface area contributed by atoms with Gasteiger partial charge in [-0.25, -0.2) is 9.78 Å².